The van der Waals surface area contributed by atoms with Gasteiger partial charge in [-0.2, -0.15) is 0 Å². The summed E-state index contributed by atoms with van der Waals surface area (Å²) in [4.78, 5) is 47.5. The molecule has 1 aromatic rings. The van der Waals surface area contributed by atoms with Gasteiger partial charge in [0.15, 0.2) is 0 Å². The summed E-state index contributed by atoms with van der Waals surface area (Å²) in [6, 6.07) is 3.42. The Labute approximate surface area is 163 Å². The summed E-state index contributed by atoms with van der Waals surface area (Å²) >= 11 is 0. The van der Waals surface area contributed by atoms with Crippen LogP contribution in [0.1, 0.15) is 32.8 Å². The van der Waals surface area contributed by atoms with Gasteiger partial charge >= 0.3 is 5.97 Å². The first-order valence-electron chi connectivity index (χ1n) is 8.90. The molecule has 4 N–H and O–H groups in total. The number of primary amides is 1. The van der Waals surface area contributed by atoms with Crippen LogP contribution in [-0.4, -0.2) is 42.4 Å². The number of ether oxygens (including phenoxy) is 1. The molecule has 0 aromatic heterocycles. The molecule has 0 bridgehead atoms. The van der Waals surface area contributed by atoms with Gasteiger partial charge in [-0.3, -0.25) is 19.2 Å². The van der Waals surface area contributed by atoms with Crippen LogP contribution >= 0.6 is 0 Å². The van der Waals surface area contributed by atoms with E-state index in [9.17, 15) is 23.6 Å². The average molecular weight is 395 g/mol. The highest BCUT2D eigenvalue weighted by atomic mass is 19.1. The average Bonchev–Trinajstić information content (AvgIpc) is 2.58. The van der Waals surface area contributed by atoms with Crippen molar-refractivity contribution < 1.29 is 28.3 Å². The summed E-state index contributed by atoms with van der Waals surface area (Å²) in [5.74, 6) is -3.57. The van der Waals surface area contributed by atoms with Crippen molar-refractivity contribution in [2.45, 2.75) is 45.7 Å². The Morgan fingerprint density at radius 1 is 1.21 bits per heavy atom. The van der Waals surface area contributed by atoms with Crippen LogP contribution in [0.15, 0.2) is 24.3 Å². The Morgan fingerprint density at radius 3 is 2.43 bits per heavy atom. The van der Waals surface area contributed by atoms with Crippen LogP contribution in [0.4, 0.5) is 4.39 Å². The van der Waals surface area contributed by atoms with Crippen LogP contribution < -0.4 is 16.4 Å². The number of amides is 3. The molecule has 0 saturated heterocycles. The number of carbonyl (C=O) groups excluding carboxylic acids is 4. The summed E-state index contributed by atoms with van der Waals surface area (Å²) < 4.78 is 18.2. The molecule has 0 aliphatic carbocycles. The standard InChI is InChI=1S/C19H26FN3O5/c1-4-28-16(25)8-11(2)17(18(21)26)23-19(27)15(22-12(3)24)10-13-6-5-7-14(20)9-13/h5-7,9,11,15,17H,4,8,10H2,1-3H3,(H2,21,26)(H,22,24)(H,23,27)/t11-,15+,17+/m1/s1. The molecule has 0 aliphatic heterocycles. The quantitative estimate of drug-likeness (QED) is 0.495. The summed E-state index contributed by atoms with van der Waals surface area (Å²) in [6.07, 6.45) is -0.0999. The lowest BCUT2D eigenvalue weighted by atomic mass is 9.96. The second kappa shape index (κ2) is 11.0. The first kappa shape index (κ1) is 23.1. The van der Waals surface area contributed by atoms with Gasteiger partial charge in [0.25, 0.3) is 0 Å². The van der Waals surface area contributed by atoms with Crippen LogP contribution in [0.5, 0.6) is 0 Å². The molecule has 0 saturated carbocycles. The maximum absolute atomic E-state index is 13.4. The minimum absolute atomic E-state index is 0.0148. The van der Waals surface area contributed by atoms with Gasteiger partial charge in [-0.15, -0.1) is 0 Å². The molecule has 0 unspecified atom stereocenters. The summed E-state index contributed by atoms with van der Waals surface area (Å²) in [5.41, 5.74) is 5.86. The molecule has 154 valence electrons. The Hall–Kier alpha value is -2.97. The van der Waals surface area contributed by atoms with Gasteiger partial charge in [0.05, 0.1) is 13.0 Å². The highest BCUT2D eigenvalue weighted by Gasteiger charge is 2.30. The number of carbonyl (C=O) groups is 4. The molecule has 9 heteroatoms. The number of nitrogens with one attached hydrogen (secondary N) is 2. The third-order valence-electron chi connectivity index (χ3n) is 3.99. The third kappa shape index (κ3) is 7.73. The van der Waals surface area contributed by atoms with Gasteiger partial charge in [-0.05, 0) is 30.5 Å². The van der Waals surface area contributed by atoms with Crippen molar-refractivity contribution in [2.24, 2.45) is 11.7 Å². The monoisotopic (exact) mass is 395 g/mol. The maximum atomic E-state index is 13.4. The van der Waals surface area contributed by atoms with Gasteiger partial charge in [0.2, 0.25) is 17.7 Å². The van der Waals surface area contributed by atoms with Crippen molar-refractivity contribution in [2.75, 3.05) is 6.61 Å². The highest BCUT2D eigenvalue weighted by Crippen LogP contribution is 2.12. The molecule has 0 fully saturated rings. The normalized spacial score (nSPS) is 13.7. The van der Waals surface area contributed by atoms with Crippen LogP contribution in [0.3, 0.4) is 0 Å². The number of hydrogen-bond acceptors (Lipinski definition) is 5. The first-order chi connectivity index (χ1) is 13.1. The molecule has 28 heavy (non-hydrogen) atoms. The molecule has 8 nitrogen and oxygen atoms in total. The van der Waals surface area contributed by atoms with Crippen molar-refractivity contribution in [1.29, 1.82) is 0 Å². The minimum Gasteiger partial charge on any atom is -0.466 e. The zero-order valence-electron chi connectivity index (χ0n) is 16.2. The molecule has 3 amide bonds. The van der Waals surface area contributed by atoms with E-state index in [1.165, 1.54) is 25.1 Å². The third-order valence-corrected chi connectivity index (χ3v) is 3.99. The molecule has 1 rings (SSSR count). The van der Waals surface area contributed by atoms with E-state index in [0.717, 1.165) is 0 Å². The van der Waals surface area contributed by atoms with E-state index < -0.39 is 47.5 Å². The van der Waals surface area contributed by atoms with E-state index in [1.54, 1.807) is 19.9 Å². The largest absolute Gasteiger partial charge is 0.466 e. The lowest BCUT2D eigenvalue weighted by Gasteiger charge is -2.25. The van der Waals surface area contributed by atoms with Gasteiger partial charge in [0.1, 0.15) is 17.9 Å². The number of nitrogens with two attached hydrogens (primary N) is 1. The SMILES string of the molecule is CCOC(=O)C[C@@H](C)[C@H](NC(=O)[C@H](Cc1cccc(F)c1)NC(C)=O)C(N)=O. The van der Waals surface area contributed by atoms with E-state index in [4.69, 9.17) is 10.5 Å². The first-order valence-corrected chi connectivity index (χ1v) is 8.90. The Bertz CT molecular complexity index is 725. The van der Waals surface area contributed by atoms with Gasteiger partial charge in [-0.1, -0.05) is 19.1 Å². The second-order valence-electron chi connectivity index (χ2n) is 6.46. The van der Waals surface area contributed by atoms with Crippen LogP contribution in [0, 0.1) is 11.7 Å². The van der Waals surface area contributed by atoms with Crippen molar-refractivity contribution in [1.82, 2.24) is 10.6 Å². The maximum Gasteiger partial charge on any atom is 0.306 e. The highest BCUT2D eigenvalue weighted by molar-refractivity contribution is 5.91. The molecular formula is C19H26FN3O5. The van der Waals surface area contributed by atoms with Crippen LogP contribution in [0.2, 0.25) is 0 Å². The van der Waals surface area contributed by atoms with Gasteiger partial charge < -0.3 is 21.1 Å². The summed E-state index contributed by atoms with van der Waals surface area (Å²) in [5, 5.41) is 4.95. The van der Waals surface area contributed by atoms with E-state index in [2.05, 4.69) is 10.6 Å². The second-order valence-corrected chi connectivity index (χ2v) is 6.46. The lowest BCUT2D eigenvalue weighted by molar-refractivity contribution is -0.145. The predicted molar refractivity (Wildman–Crippen MR) is 99.2 cm³/mol. The summed E-state index contributed by atoms with van der Waals surface area (Å²) in [6.45, 7) is 4.66. The van der Waals surface area contributed by atoms with Gasteiger partial charge in [0, 0.05) is 13.3 Å². The number of benzene rings is 1. The van der Waals surface area contributed by atoms with E-state index >= 15 is 0 Å². The number of rotatable bonds is 10. The Balaban J connectivity index is 2.91. The number of esters is 1. The Kier molecular flexibility index (Phi) is 9.07. The molecular weight excluding hydrogens is 369 g/mol. The molecule has 3 atom stereocenters. The number of hydrogen-bond donors (Lipinski definition) is 3. The van der Waals surface area contributed by atoms with E-state index in [-0.39, 0.29) is 19.4 Å². The fourth-order valence-electron chi connectivity index (χ4n) is 2.70. The minimum atomic E-state index is -1.14. The topological polar surface area (TPSA) is 128 Å². The Morgan fingerprint density at radius 2 is 1.89 bits per heavy atom. The van der Waals surface area contributed by atoms with Crippen molar-refractivity contribution in [3.8, 4) is 0 Å². The zero-order valence-corrected chi connectivity index (χ0v) is 16.2. The molecule has 0 aliphatic rings. The fraction of sp³-hybridized carbons (Fsp3) is 0.474. The van der Waals surface area contributed by atoms with Crippen LogP contribution in [0.25, 0.3) is 0 Å². The van der Waals surface area contributed by atoms with E-state index in [1.807, 2.05) is 0 Å². The van der Waals surface area contributed by atoms with Crippen molar-refractivity contribution in [3.05, 3.63) is 35.6 Å². The number of halogens is 1. The molecule has 0 radical (unpaired) electrons. The van der Waals surface area contributed by atoms with Gasteiger partial charge in [-0.25, -0.2) is 4.39 Å². The zero-order chi connectivity index (χ0) is 21.3. The molecule has 0 heterocycles. The van der Waals surface area contributed by atoms with Crippen LogP contribution in [-0.2, 0) is 30.3 Å². The molecule has 0 spiro atoms. The summed E-state index contributed by atoms with van der Waals surface area (Å²) in [7, 11) is 0. The molecule has 1 aromatic carbocycles. The fourth-order valence-corrected chi connectivity index (χ4v) is 2.70. The lowest BCUT2D eigenvalue weighted by Crippen LogP contribution is -2.55. The van der Waals surface area contributed by atoms with Crippen molar-refractivity contribution in [3.63, 3.8) is 0 Å². The van der Waals surface area contributed by atoms with Crippen molar-refractivity contribution >= 4 is 23.7 Å². The predicted octanol–water partition coefficient (Wildman–Crippen LogP) is 0.432. The smallest absolute Gasteiger partial charge is 0.306 e. The van der Waals surface area contributed by atoms with E-state index in [0.29, 0.717) is 5.56 Å².